The van der Waals surface area contributed by atoms with Crippen LogP contribution in [0.2, 0.25) is 10.2 Å². The number of thiophene rings is 1. The standard InChI is InChI=1S/C25H28Cl2N4O2S/c1-30-8-10-31(11-9-30)7-2-12-33-21-4-3-19(22(26)16-21)14-24(32)29-25-15-20(17-34-25)18-5-6-28-23(27)13-18/h3-6,13,15-17H,2,7-12,14H2,1H3,(H,29,32). The first-order chi connectivity index (χ1) is 16.5. The molecule has 9 heteroatoms. The van der Waals surface area contributed by atoms with E-state index in [0.29, 0.717) is 16.8 Å². The Morgan fingerprint density at radius 2 is 1.94 bits per heavy atom. The fourth-order valence-electron chi connectivity index (χ4n) is 3.80. The van der Waals surface area contributed by atoms with Crippen LogP contribution in [0.3, 0.4) is 0 Å². The van der Waals surface area contributed by atoms with Gasteiger partial charge in [0.15, 0.2) is 0 Å². The molecule has 34 heavy (non-hydrogen) atoms. The third-order valence-corrected chi connectivity index (χ3v) is 7.18. The summed E-state index contributed by atoms with van der Waals surface area (Å²) in [7, 11) is 2.16. The van der Waals surface area contributed by atoms with Crippen molar-refractivity contribution in [3.63, 3.8) is 0 Å². The zero-order valence-electron chi connectivity index (χ0n) is 19.1. The SMILES string of the molecule is CN1CCN(CCCOc2ccc(CC(=O)Nc3cc(-c4ccnc(Cl)c4)cs3)c(Cl)c2)CC1. The van der Waals surface area contributed by atoms with Crippen molar-refractivity contribution in [3.8, 4) is 16.9 Å². The molecular formula is C25H28Cl2N4O2S. The minimum Gasteiger partial charge on any atom is -0.493 e. The molecule has 0 unspecified atom stereocenters. The Labute approximate surface area is 214 Å². The number of likely N-dealkylation sites (N-methyl/N-ethyl adjacent to an activating group) is 1. The van der Waals surface area contributed by atoms with Crippen LogP contribution in [-0.2, 0) is 11.2 Å². The van der Waals surface area contributed by atoms with Gasteiger partial charge in [0.25, 0.3) is 0 Å². The molecule has 0 saturated carbocycles. The number of hydrogen-bond donors (Lipinski definition) is 1. The Kier molecular flexibility index (Phi) is 8.80. The highest BCUT2D eigenvalue weighted by atomic mass is 35.5. The van der Waals surface area contributed by atoms with Crippen molar-refractivity contribution in [3.05, 3.63) is 63.7 Å². The van der Waals surface area contributed by atoms with Crippen LogP contribution in [0.15, 0.2) is 48.0 Å². The number of piperazine rings is 1. The van der Waals surface area contributed by atoms with E-state index in [0.717, 1.165) is 66.6 Å². The Balaban J connectivity index is 1.23. The van der Waals surface area contributed by atoms with E-state index in [2.05, 4.69) is 27.1 Å². The Bertz CT molecular complexity index is 1120. The minimum atomic E-state index is -0.121. The molecule has 3 heterocycles. The third-order valence-electron chi connectivity index (χ3n) is 5.78. The van der Waals surface area contributed by atoms with Gasteiger partial charge in [-0.05, 0) is 60.5 Å². The van der Waals surface area contributed by atoms with Crippen LogP contribution in [0.25, 0.3) is 11.1 Å². The van der Waals surface area contributed by atoms with Gasteiger partial charge >= 0.3 is 0 Å². The summed E-state index contributed by atoms with van der Waals surface area (Å²) in [5.41, 5.74) is 2.71. The van der Waals surface area contributed by atoms with Gasteiger partial charge in [-0.3, -0.25) is 4.79 Å². The number of hydrogen-bond acceptors (Lipinski definition) is 6. The van der Waals surface area contributed by atoms with Crippen LogP contribution in [0.5, 0.6) is 5.75 Å². The quantitative estimate of drug-likeness (QED) is 0.307. The smallest absolute Gasteiger partial charge is 0.229 e. The molecule has 1 saturated heterocycles. The number of benzene rings is 1. The summed E-state index contributed by atoms with van der Waals surface area (Å²) < 4.78 is 5.87. The van der Waals surface area contributed by atoms with Gasteiger partial charge in [0.2, 0.25) is 5.91 Å². The third kappa shape index (κ3) is 7.17. The summed E-state index contributed by atoms with van der Waals surface area (Å²) in [6.45, 7) is 6.16. The molecule has 1 N–H and O–H groups in total. The van der Waals surface area contributed by atoms with Gasteiger partial charge in [0, 0.05) is 49.3 Å². The van der Waals surface area contributed by atoms with Crippen molar-refractivity contribution < 1.29 is 9.53 Å². The molecule has 1 aliphatic rings. The molecule has 0 radical (unpaired) electrons. The van der Waals surface area contributed by atoms with Crippen LogP contribution >= 0.6 is 34.5 Å². The summed E-state index contributed by atoms with van der Waals surface area (Å²) in [5, 5.41) is 6.66. The number of aromatic nitrogens is 1. The van der Waals surface area contributed by atoms with Crippen molar-refractivity contribution in [1.82, 2.24) is 14.8 Å². The van der Waals surface area contributed by atoms with Gasteiger partial charge in [-0.1, -0.05) is 29.3 Å². The summed E-state index contributed by atoms with van der Waals surface area (Å²) >= 11 is 13.9. The number of amides is 1. The first-order valence-corrected chi connectivity index (χ1v) is 12.9. The van der Waals surface area contributed by atoms with Crippen molar-refractivity contribution in [2.75, 3.05) is 51.7 Å². The Morgan fingerprint density at radius 3 is 2.71 bits per heavy atom. The molecule has 0 atom stereocenters. The number of carbonyl (C=O) groups is 1. The van der Waals surface area contributed by atoms with Gasteiger partial charge in [0.1, 0.15) is 10.9 Å². The lowest BCUT2D eigenvalue weighted by Crippen LogP contribution is -2.44. The highest BCUT2D eigenvalue weighted by molar-refractivity contribution is 7.14. The Morgan fingerprint density at radius 1 is 1.12 bits per heavy atom. The summed E-state index contributed by atoms with van der Waals surface area (Å²) in [6.07, 6.45) is 2.83. The molecule has 1 aromatic carbocycles. The van der Waals surface area contributed by atoms with E-state index >= 15 is 0 Å². The number of ether oxygens (including phenoxy) is 1. The first kappa shape index (κ1) is 24.9. The fourth-order valence-corrected chi connectivity index (χ4v) is 5.04. The summed E-state index contributed by atoms with van der Waals surface area (Å²) in [5.74, 6) is 0.607. The van der Waals surface area contributed by atoms with Crippen LogP contribution in [0.1, 0.15) is 12.0 Å². The molecular weight excluding hydrogens is 491 g/mol. The maximum atomic E-state index is 12.6. The lowest BCUT2D eigenvalue weighted by atomic mass is 10.1. The van der Waals surface area contributed by atoms with Crippen LogP contribution in [0.4, 0.5) is 5.00 Å². The zero-order valence-corrected chi connectivity index (χ0v) is 21.4. The van der Waals surface area contributed by atoms with E-state index in [1.54, 1.807) is 18.3 Å². The second-order valence-corrected chi connectivity index (χ2v) is 10.1. The molecule has 3 aromatic rings. The number of anilines is 1. The maximum Gasteiger partial charge on any atom is 0.229 e. The number of carbonyl (C=O) groups excluding carboxylic acids is 1. The van der Waals surface area contributed by atoms with Crippen molar-refractivity contribution in [1.29, 1.82) is 0 Å². The van der Waals surface area contributed by atoms with Gasteiger partial charge in [-0.15, -0.1) is 11.3 Å². The molecule has 6 nitrogen and oxygen atoms in total. The summed E-state index contributed by atoms with van der Waals surface area (Å²) in [6, 6.07) is 11.1. The van der Waals surface area contributed by atoms with E-state index in [-0.39, 0.29) is 12.3 Å². The molecule has 0 aliphatic carbocycles. The lowest BCUT2D eigenvalue weighted by molar-refractivity contribution is -0.115. The van der Waals surface area contributed by atoms with E-state index < -0.39 is 0 Å². The predicted octanol–water partition coefficient (Wildman–Crippen LogP) is 5.31. The molecule has 0 spiro atoms. The Hall–Kier alpha value is -2.16. The van der Waals surface area contributed by atoms with Crippen molar-refractivity contribution in [2.24, 2.45) is 0 Å². The minimum absolute atomic E-state index is 0.121. The van der Waals surface area contributed by atoms with E-state index in [1.165, 1.54) is 11.3 Å². The van der Waals surface area contributed by atoms with Crippen molar-refractivity contribution in [2.45, 2.75) is 12.8 Å². The highest BCUT2D eigenvalue weighted by Gasteiger charge is 2.14. The topological polar surface area (TPSA) is 57.7 Å². The molecule has 2 aromatic heterocycles. The average Bonchev–Trinajstić information content (AvgIpc) is 3.28. The zero-order chi connectivity index (χ0) is 23.9. The fraction of sp³-hybridized carbons (Fsp3) is 0.360. The monoisotopic (exact) mass is 518 g/mol. The molecule has 1 fully saturated rings. The molecule has 1 aliphatic heterocycles. The molecule has 1 amide bonds. The number of nitrogens with zero attached hydrogens (tertiary/aromatic N) is 3. The molecule has 180 valence electrons. The maximum absolute atomic E-state index is 12.6. The number of rotatable bonds is 9. The second kappa shape index (κ2) is 12.0. The van der Waals surface area contributed by atoms with Crippen LogP contribution < -0.4 is 10.1 Å². The van der Waals surface area contributed by atoms with E-state index in [4.69, 9.17) is 27.9 Å². The lowest BCUT2D eigenvalue weighted by Gasteiger charge is -2.32. The van der Waals surface area contributed by atoms with Gasteiger partial charge in [0.05, 0.1) is 18.0 Å². The van der Waals surface area contributed by atoms with Crippen LogP contribution in [0, 0.1) is 0 Å². The first-order valence-electron chi connectivity index (χ1n) is 11.3. The molecule has 0 bridgehead atoms. The van der Waals surface area contributed by atoms with Crippen LogP contribution in [-0.4, -0.2) is 67.1 Å². The van der Waals surface area contributed by atoms with Gasteiger partial charge in [-0.2, -0.15) is 0 Å². The normalized spacial score (nSPS) is 14.8. The predicted molar refractivity (Wildman–Crippen MR) is 140 cm³/mol. The number of nitrogens with one attached hydrogen (secondary N) is 1. The number of pyridine rings is 1. The van der Waals surface area contributed by atoms with E-state index in [1.807, 2.05) is 29.6 Å². The van der Waals surface area contributed by atoms with Gasteiger partial charge in [-0.25, -0.2) is 4.98 Å². The number of halogens is 2. The largest absolute Gasteiger partial charge is 0.493 e. The highest BCUT2D eigenvalue weighted by Crippen LogP contribution is 2.30. The second-order valence-electron chi connectivity index (χ2n) is 8.39. The summed E-state index contributed by atoms with van der Waals surface area (Å²) in [4.78, 5) is 21.4. The average molecular weight is 519 g/mol. The van der Waals surface area contributed by atoms with Gasteiger partial charge < -0.3 is 19.9 Å². The van der Waals surface area contributed by atoms with Crippen molar-refractivity contribution >= 4 is 45.4 Å². The molecule has 4 rings (SSSR count). The van der Waals surface area contributed by atoms with E-state index in [9.17, 15) is 4.79 Å².